The van der Waals surface area contributed by atoms with Gasteiger partial charge in [-0.15, -0.1) is 0 Å². The molecule has 0 N–H and O–H groups in total. The van der Waals surface area contributed by atoms with Crippen LogP contribution in [-0.2, 0) is 0 Å². The maximum atomic E-state index is 12.2. The van der Waals surface area contributed by atoms with Crippen molar-refractivity contribution in [3.63, 3.8) is 0 Å². The van der Waals surface area contributed by atoms with Crippen molar-refractivity contribution in [3.8, 4) is 11.5 Å². The molecule has 22 heavy (non-hydrogen) atoms. The lowest BCUT2D eigenvalue weighted by molar-refractivity contribution is 0.104. The number of benzene rings is 2. The highest BCUT2D eigenvalue weighted by molar-refractivity contribution is 6.37. The summed E-state index contributed by atoms with van der Waals surface area (Å²) in [4.78, 5) is 12.2. The topological polar surface area (TPSA) is 35.5 Å². The zero-order valence-corrected chi connectivity index (χ0v) is 13.6. The average Bonchev–Trinajstić information content (AvgIpc) is 2.51. The Hall–Kier alpha value is -1.97. The SMILES string of the molecule is COc1cccc(/C=C\C(=O)c2ccc(Cl)cc2Cl)c1OC. The number of para-hydroxylation sites is 1. The third-order valence-corrected chi connectivity index (χ3v) is 3.59. The molecule has 3 nitrogen and oxygen atoms in total. The Balaban J connectivity index is 2.30. The van der Waals surface area contributed by atoms with Crippen LogP contribution in [0.1, 0.15) is 15.9 Å². The summed E-state index contributed by atoms with van der Waals surface area (Å²) >= 11 is 11.9. The Kier molecular flexibility index (Phi) is 5.47. The number of hydrogen-bond donors (Lipinski definition) is 0. The lowest BCUT2D eigenvalue weighted by atomic mass is 10.1. The predicted octanol–water partition coefficient (Wildman–Crippen LogP) is 4.91. The van der Waals surface area contributed by atoms with Gasteiger partial charge in [0.1, 0.15) is 0 Å². The van der Waals surface area contributed by atoms with Crippen molar-refractivity contribution in [1.82, 2.24) is 0 Å². The fraction of sp³-hybridized carbons (Fsp3) is 0.118. The smallest absolute Gasteiger partial charge is 0.187 e. The molecule has 0 spiro atoms. The first-order valence-corrected chi connectivity index (χ1v) is 7.21. The number of allylic oxidation sites excluding steroid dienone is 1. The van der Waals surface area contributed by atoms with E-state index in [0.717, 1.165) is 5.56 Å². The summed E-state index contributed by atoms with van der Waals surface area (Å²) in [5.41, 5.74) is 1.13. The van der Waals surface area contributed by atoms with Gasteiger partial charge in [0.25, 0.3) is 0 Å². The lowest BCUT2D eigenvalue weighted by Crippen LogP contribution is -1.96. The van der Waals surface area contributed by atoms with Gasteiger partial charge in [-0.3, -0.25) is 4.79 Å². The zero-order valence-electron chi connectivity index (χ0n) is 12.1. The van der Waals surface area contributed by atoms with Gasteiger partial charge >= 0.3 is 0 Å². The summed E-state index contributed by atoms with van der Waals surface area (Å²) in [6, 6.07) is 10.2. The Morgan fingerprint density at radius 3 is 2.50 bits per heavy atom. The average molecular weight is 337 g/mol. The highest BCUT2D eigenvalue weighted by Gasteiger charge is 2.10. The number of ether oxygens (including phenoxy) is 2. The second-order valence-corrected chi connectivity index (χ2v) is 5.25. The molecule has 0 bridgehead atoms. The molecule has 2 aromatic rings. The molecule has 0 amide bonds. The monoisotopic (exact) mass is 336 g/mol. The molecular formula is C17H14Cl2O3. The summed E-state index contributed by atoms with van der Waals surface area (Å²) in [5, 5.41) is 0.805. The van der Waals surface area contributed by atoms with Crippen LogP contribution in [0.4, 0.5) is 0 Å². The molecule has 0 heterocycles. The summed E-state index contributed by atoms with van der Waals surface area (Å²) in [7, 11) is 3.11. The van der Waals surface area contributed by atoms with E-state index in [2.05, 4.69) is 0 Å². The van der Waals surface area contributed by atoms with Crippen LogP contribution in [0.5, 0.6) is 11.5 Å². The van der Waals surface area contributed by atoms with Crippen molar-refractivity contribution in [3.05, 3.63) is 63.6 Å². The number of methoxy groups -OCH3 is 2. The molecule has 0 aliphatic rings. The fourth-order valence-electron chi connectivity index (χ4n) is 1.99. The number of halogens is 2. The minimum Gasteiger partial charge on any atom is -0.493 e. The van der Waals surface area contributed by atoms with Crippen LogP contribution in [-0.4, -0.2) is 20.0 Å². The van der Waals surface area contributed by atoms with Gasteiger partial charge in [0, 0.05) is 16.1 Å². The molecule has 2 rings (SSSR count). The van der Waals surface area contributed by atoms with Crippen molar-refractivity contribution in [2.24, 2.45) is 0 Å². The largest absolute Gasteiger partial charge is 0.493 e. The molecule has 5 heteroatoms. The van der Waals surface area contributed by atoms with Crippen LogP contribution in [0.2, 0.25) is 10.0 Å². The highest BCUT2D eigenvalue weighted by Crippen LogP contribution is 2.31. The van der Waals surface area contributed by atoms with Crippen LogP contribution < -0.4 is 9.47 Å². The van der Waals surface area contributed by atoms with E-state index in [4.69, 9.17) is 32.7 Å². The van der Waals surface area contributed by atoms with Crippen molar-refractivity contribution in [2.75, 3.05) is 14.2 Å². The molecular weight excluding hydrogens is 323 g/mol. The van der Waals surface area contributed by atoms with E-state index < -0.39 is 0 Å². The van der Waals surface area contributed by atoms with E-state index in [-0.39, 0.29) is 5.78 Å². The first-order chi connectivity index (χ1) is 10.6. The molecule has 0 aromatic heterocycles. The van der Waals surface area contributed by atoms with E-state index in [9.17, 15) is 4.79 Å². The van der Waals surface area contributed by atoms with E-state index in [1.165, 1.54) is 12.1 Å². The maximum Gasteiger partial charge on any atom is 0.187 e. The normalized spacial score (nSPS) is 10.7. The van der Waals surface area contributed by atoms with Crippen molar-refractivity contribution < 1.29 is 14.3 Å². The minimum absolute atomic E-state index is 0.216. The maximum absolute atomic E-state index is 12.2. The molecule has 0 unspecified atom stereocenters. The second kappa shape index (κ2) is 7.34. The van der Waals surface area contributed by atoms with Gasteiger partial charge in [-0.25, -0.2) is 0 Å². The molecule has 0 aliphatic carbocycles. The third kappa shape index (κ3) is 3.62. The summed E-state index contributed by atoms with van der Waals surface area (Å²) < 4.78 is 10.5. The second-order valence-electron chi connectivity index (χ2n) is 4.40. The van der Waals surface area contributed by atoms with Crippen LogP contribution in [0.15, 0.2) is 42.5 Å². The van der Waals surface area contributed by atoms with Crippen molar-refractivity contribution in [1.29, 1.82) is 0 Å². The van der Waals surface area contributed by atoms with Crippen LogP contribution in [0.3, 0.4) is 0 Å². The number of rotatable bonds is 5. The van der Waals surface area contributed by atoms with E-state index in [1.807, 2.05) is 12.1 Å². The van der Waals surface area contributed by atoms with E-state index in [0.29, 0.717) is 27.1 Å². The zero-order chi connectivity index (χ0) is 16.1. The molecule has 2 aromatic carbocycles. The third-order valence-electron chi connectivity index (χ3n) is 3.04. The summed E-state index contributed by atoms with van der Waals surface area (Å²) in [6.45, 7) is 0. The first-order valence-electron chi connectivity index (χ1n) is 6.45. The van der Waals surface area contributed by atoms with Crippen molar-refractivity contribution in [2.45, 2.75) is 0 Å². The van der Waals surface area contributed by atoms with Gasteiger partial charge in [-0.1, -0.05) is 35.3 Å². The molecule has 114 valence electrons. The first kappa shape index (κ1) is 16.4. The molecule has 0 saturated heterocycles. The number of carbonyl (C=O) groups is 1. The Morgan fingerprint density at radius 1 is 1.09 bits per heavy atom. The molecule has 0 saturated carbocycles. The van der Waals surface area contributed by atoms with Crippen LogP contribution in [0, 0.1) is 0 Å². The number of ketones is 1. The molecule has 0 aliphatic heterocycles. The lowest BCUT2D eigenvalue weighted by Gasteiger charge is -2.09. The van der Waals surface area contributed by atoms with E-state index >= 15 is 0 Å². The van der Waals surface area contributed by atoms with Crippen molar-refractivity contribution >= 4 is 35.1 Å². The number of carbonyl (C=O) groups excluding carboxylic acids is 1. The van der Waals surface area contributed by atoms with Gasteiger partial charge in [0.15, 0.2) is 17.3 Å². The van der Waals surface area contributed by atoms with Gasteiger partial charge in [0.05, 0.1) is 19.2 Å². The summed E-state index contributed by atoms with van der Waals surface area (Å²) in [6.07, 6.45) is 3.10. The minimum atomic E-state index is -0.216. The van der Waals surface area contributed by atoms with E-state index in [1.54, 1.807) is 38.5 Å². The fourth-order valence-corrected chi connectivity index (χ4v) is 2.49. The predicted molar refractivity (Wildman–Crippen MR) is 89.4 cm³/mol. The van der Waals surface area contributed by atoms with Crippen LogP contribution in [0.25, 0.3) is 6.08 Å². The molecule has 0 fully saturated rings. The van der Waals surface area contributed by atoms with Crippen LogP contribution >= 0.6 is 23.2 Å². The standard InChI is InChI=1S/C17H14Cl2O3/c1-21-16-5-3-4-11(17(16)22-2)6-9-15(20)13-8-7-12(18)10-14(13)19/h3-10H,1-2H3/b9-6-. The number of hydrogen-bond acceptors (Lipinski definition) is 3. The molecule has 0 atom stereocenters. The Labute approximate surface area is 139 Å². The Bertz CT molecular complexity index is 724. The quantitative estimate of drug-likeness (QED) is 0.575. The van der Waals surface area contributed by atoms with Gasteiger partial charge in [-0.05, 0) is 36.4 Å². The Morgan fingerprint density at radius 2 is 1.86 bits per heavy atom. The molecule has 0 radical (unpaired) electrons. The van der Waals surface area contributed by atoms with Gasteiger partial charge in [-0.2, -0.15) is 0 Å². The van der Waals surface area contributed by atoms with Gasteiger partial charge in [0.2, 0.25) is 0 Å². The summed E-state index contributed by atoms with van der Waals surface area (Å²) in [5.74, 6) is 0.949. The van der Waals surface area contributed by atoms with Gasteiger partial charge < -0.3 is 9.47 Å². The highest BCUT2D eigenvalue weighted by atomic mass is 35.5.